The lowest BCUT2D eigenvalue weighted by molar-refractivity contribution is -0.121. The van der Waals surface area contributed by atoms with E-state index < -0.39 is 0 Å². The van der Waals surface area contributed by atoms with Crippen molar-refractivity contribution >= 4 is 5.91 Å². The molecule has 1 atom stereocenters. The van der Waals surface area contributed by atoms with Crippen molar-refractivity contribution in [2.75, 3.05) is 46.6 Å². The normalized spacial score (nSPS) is 12.5. The summed E-state index contributed by atoms with van der Waals surface area (Å²) in [6.45, 7) is 8.32. The lowest BCUT2D eigenvalue weighted by Gasteiger charge is -2.28. The van der Waals surface area contributed by atoms with Crippen LogP contribution >= 0.6 is 0 Å². The zero-order chi connectivity index (χ0) is 16.9. The number of carbonyl (C=O) groups is 1. The van der Waals surface area contributed by atoms with Crippen molar-refractivity contribution < 1.29 is 18.7 Å². The third-order valence-electron chi connectivity index (χ3n) is 3.74. The fourth-order valence-corrected chi connectivity index (χ4v) is 2.43. The van der Waals surface area contributed by atoms with E-state index in [1.165, 1.54) is 0 Å². The number of nitrogens with zero attached hydrogens (tertiary/aromatic N) is 1. The van der Waals surface area contributed by atoms with Gasteiger partial charge in [-0.25, -0.2) is 0 Å². The lowest BCUT2D eigenvalue weighted by Crippen LogP contribution is -2.37. The Hall–Kier alpha value is -1.37. The van der Waals surface area contributed by atoms with E-state index in [9.17, 15) is 4.79 Å². The molecular formula is C17H30N2O4. The number of methoxy groups -OCH3 is 1. The molecule has 0 aliphatic heterocycles. The summed E-state index contributed by atoms with van der Waals surface area (Å²) in [5.74, 6) is 0.931. The maximum Gasteiger partial charge on any atom is 0.220 e. The van der Waals surface area contributed by atoms with Crippen LogP contribution in [-0.2, 0) is 14.3 Å². The van der Waals surface area contributed by atoms with Crippen LogP contribution in [0.15, 0.2) is 22.8 Å². The Bertz CT molecular complexity index is 405. The van der Waals surface area contributed by atoms with Crippen LogP contribution in [0, 0.1) is 0 Å². The molecule has 1 heterocycles. The van der Waals surface area contributed by atoms with Crippen molar-refractivity contribution in [1.82, 2.24) is 10.2 Å². The molecule has 1 unspecified atom stereocenters. The molecule has 1 amide bonds. The molecule has 1 aromatic rings. The number of hydrogen-bond donors (Lipinski definition) is 1. The lowest BCUT2D eigenvalue weighted by atomic mass is 10.1. The second kappa shape index (κ2) is 12.1. The second-order valence-electron chi connectivity index (χ2n) is 5.27. The molecule has 1 rings (SSSR count). The van der Waals surface area contributed by atoms with Crippen molar-refractivity contribution in [3.05, 3.63) is 24.2 Å². The van der Waals surface area contributed by atoms with Crippen molar-refractivity contribution in [3.63, 3.8) is 0 Å². The van der Waals surface area contributed by atoms with Crippen molar-refractivity contribution in [2.45, 2.75) is 32.7 Å². The molecular weight excluding hydrogens is 296 g/mol. The first-order chi connectivity index (χ1) is 11.2. The van der Waals surface area contributed by atoms with Crippen LogP contribution in [0.3, 0.4) is 0 Å². The van der Waals surface area contributed by atoms with Gasteiger partial charge < -0.3 is 19.2 Å². The first-order valence-electron chi connectivity index (χ1n) is 8.33. The minimum atomic E-state index is 0.0454. The molecule has 132 valence electrons. The SMILES string of the molecule is CCN(CC)C(CNC(=O)CCCOCCOC)c1ccco1. The van der Waals surface area contributed by atoms with Crippen molar-refractivity contribution in [2.24, 2.45) is 0 Å². The number of ether oxygens (including phenoxy) is 2. The number of likely N-dealkylation sites (N-methyl/N-ethyl adjacent to an activating group) is 1. The van der Waals surface area contributed by atoms with Gasteiger partial charge in [-0.1, -0.05) is 13.8 Å². The molecule has 1 aromatic heterocycles. The maximum atomic E-state index is 12.0. The van der Waals surface area contributed by atoms with E-state index in [0.29, 0.717) is 39.2 Å². The third kappa shape index (κ3) is 7.63. The molecule has 0 aliphatic carbocycles. The van der Waals surface area contributed by atoms with Gasteiger partial charge in [0.1, 0.15) is 5.76 Å². The van der Waals surface area contributed by atoms with Gasteiger partial charge in [0.15, 0.2) is 0 Å². The standard InChI is InChI=1S/C17H30N2O4/c1-4-19(5-2)15(16-8-6-11-23-16)14-18-17(20)9-7-10-22-13-12-21-3/h6,8,11,15H,4-5,7,9-10,12-14H2,1-3H3,(H,18,20). The quantitative estimate of drug-likeness (QED) is 0.563. The van der Waals surface area contributed by atoms with Gasteiger partial charge in [0.25, 0.3) is 0 Å². The summed E-state index contributed by atoms with van der Waals surface area (Å²) in [5.41, 5.74) is 0. The smallest absolute Gasteiger partial charge is 0.220 e. The van der Waals surface area contributed by atoms with Crippen LogP contribution in [0.5, 0.6) is 0 Å². The highest BCUT2D eigenvalue weighted by atomic mass is 16.5. The Balaban J connectivity index is 2.32. The molecule has 1 N–H and O–H groups in total. The minimum Gasteiger partial charge on any atom is -0.468 e. The predicted molar refractivity (Wildman–Crippen MR) is 89.3 cm³/mol. The van der Waals surface area contributed by atoms with Gasteiger partial charge in [-0.2, -0.15) is 0 Å². The van der Waals surface area contributed by atoms with Gasteiger partial charge in [0.2, 0.25) is 5.91 Å². The summed E-state index contributed by atoms with van der Waals surface area (Å²) >= 11 is 0. The summed E-state index contributed by atoms with van der Waals surface area (Å²) in [5, 5.41) is 3.00. The molecule has 0 spiro atoms. The van der Waals surface area contributed by atoms with Gasteiger partial charge in [0.05, 0.1) is 25.5 Å². The van der Waals surface area contributed by atoms with E-state index in [2.05, 4.69) is 24.1 Å². The number of nitrogens with one attached hydrogen (secondary N) is 1. The van der Waals surface area contributed by atoms with Gasteiger partial charge in [-0.05, 0) is 31.6 Å². The Kier molecular flexibility index (Phi) is 10.4. The number of furan rings is 1. The van der Waals surface area contributed by atoms with Crippen LogP contribution in [0.4, 0.5) is 0 Å². The average molecular weight is 326 g/mol. The number of carbonyl (C=O) groups excluding carboxylic acids is 1. The van der Waals surface area contributed by atoms with Crippen LogP contribution in [0.2, 0.25) is 0 Å². The molecule has 0 saturated carbocycles. The highest BCUT2D eigenvalue weighted by molar-refractivity contribution is 5.75. The van der Waals surface area contributed by atoms with E-state index in [4.69, 9.17) is 13.9 Å². The summed E-state index contributed by atoms with van der Waals surface area (Å²) in [4.78, 5) is 14.2. The summed E-state index contributed by atoms with van der Waals surface area (Å²) < 4.78 is 15.8. The molecule has 6 heteroatoms. The summed E-state index contributed by atoms with van der Waals surface area (Å²) in [6.07, 6.45) is 2.85. The van der Waals surface area contributed by atoms with Gasteiger partial charge in [-0.3, -0.25) is 9.69 Å². The topological polar surface area (TPSA) is 63.9 Å². The van der Waals surface area contributed by atoms with Crippen molar-refractivity contribution in [3.8, 4) is 0 Å². The van der Waals surface area contributed by atoms with E-state index in [1.54, 1.807) is 13.4 Å². The Morgan fingerprint density at radius 3 is 2.70 bits per heavy atom. The van der Waals surface area contributed by atoms with E-state index >= 15 is 0 Å². The first-order valence-corrected chi connectivity index (χ1v) is 8.33. The maximum absolute atomic E-state index is 12.0. The average Bonchev–Trinajstić information content (AvgIpc) is 3.08. The van der Waals surface area contributed by atoms with E-state index in [0.717, 1.165) is 18.8 Å². The second-order valence-corrected chi connectivity index (χ2v) is 5.27. The van der Waals surface area contributed by atoms with Gasteiger partial charge in [-0.15, -0.1) is 0 Å². The van der Waals surface area contributed by atoms with Crippen LogP contribution < -0.4 is 5.32 Å². The molecule has 6 nitrogen and oxygen atoms in total. The fraction of sp³-hybridized carbons (Fsp3) is 0.706. The zero-order valence-corrected chi connectivity index (χ0v) is 14.5. The van der Waals surface area contributed by atoms with Gasteiger partial charge >= 0.3 is 0 Å². The highest BCUT2D eigenvalue weighted by Gasteiger charge is 2.21. The molecule has 23 heavy (non-hydrogen) atoms. The number of hydrogen-bond acceptors (Lipinski definition) is 5. The monoisotopic (exact) mass is 326 g/mol. The molecule has 0 fully saturated rings. The van der Waals surface area contributed by atoms with Crippen LogP contribution in [0.25, 0.3) is 0 Å². The Labute approximate surface area is 139 Å². The Morgan fingerprint density at radius 1 is 1.30 bits per heavy atom. The molecule has 0 bridgehead atoms. The highest BCUT2D eigenvalue weighted by Crippen LogP contribution is 2.20. The van der Waals surface area contributed by atoms with Gasteiger partial charge in [0, 0.05) is 26.7 Å². The van der Waals surface area contributed by atoms with E-state index in [1.807, 2.05) is 12.1 Å². The largest absolute Gasteiger partial charge is 0.468 e. The van der Waals surface area contributed by atoms with E-state index in [-0.39, 0.29) is 11.9 Å². The zero-order valence-electron chi connectivity index (χ0n) is 14.5. The number of rotatable bonds is 13. The minimum absolute atomic E-state index is 0.0454. The molecule has 0 aromatic carbocycles. The Morgan fingerprint density at radius 2 is 2.09 bits per heavy atom. The fourth-order valence-electron chi connectivity index (χ4n) is 2.43. The third-order valence-corrected chi connectivity index (χ3v) is 3.74. The van der Waals surface area contributed by atoms with Crippen LogP contribution in [-0.4, -0.2) is 57.4 Å². The predicted octanol–water partition coefficient (Wildman–Crippen LogP) is 2.22. The van der Waals surface area contributed by atoms with Crippen molar-refractivity contribution in [1.29, 1.82) is 0 Å². The molecule has 0 aliphatic rings. The first kappa shape index (κ1) is 19.7. The molecule has 0 radical (unpaired) electrons. The number of amides is 1. The summed E-state index contributed by atoms with van der Waals surface area (Å²) in [7, 11) is 1.64. The molecule has 0 saturated heterocycles. The van der Waals surface area contributed by atoms with Crippen LogP contribution in [0.1, 0.15) is 38.5 Å². The summed E-state index contributed by atoms with van der Waals surface area (Å²) in [6, 6.07) is 3.91.